The maximum Gasteiger partial charge on any atom is 0.160 e. The average Bonchev–Trinajstić information content (AvgIpc) is 3.10. The Morgan fingerprint density at radius 2 is 1.83 bits per heavy atom. The highest BCUT2D eigenvalue weighted by Gasteiger charge is 2.30. The number of hydrogen-bond acceptors (Lipinski definition) is 4. The van der Waals surface area contributed by atoms with Gasteiger partial charge in [0.05, 0.1) is 19.8 Å². The predicted octanol–water partition coefficient (Wildman–Crippen LogP) is 3.16. The summed E-state index contributed by atoms with van der Waals surface area (Å²) < 4.78 is 17.1. The molecule has 0 amide bonds. The van der Waals surface area contributed by atoms with Gasteiger partial charge in [-0.2, -0.15) is 0 Å². The van der Waals surface area contributed by atoms with Crippen LogP contribution in [0, 0.1) is 19.8 Å². The van der Waals surface area contributed by atoms with Gasteiger partial charge in [0.15, 0.2) is 6.29 Å². The Morgan fingerprint density at radius 1 is 1.09 bits per heavy atom. The highest BCUT2D eigenvalue weighted by molar-refractivity contribution is 5.33. The van der Waals surface area contributed by atoms with E-state index in [4.69, 9.17) is 14.2 Å². The number of piperidine rings is 1. The van der Waals surface area contributed by atoms with E-state index in [1.54, 1.807) is 0 Å². The molecule has 2 aliphatic heterocycles. The molecule has 23 heavy (non-hydrogen) atoms. The summed E-state index contributed by atoms with van der Waals surface area (Å²) >= 11 is 0. The van der Waals surface area contributed by atoms with Crippen molar-refractivity contribution < 1.29 is 14.2 Å². The molecule has 2 fully saturated rings. The summed E-state index contributed by atoms with van der Waals surface area (Å²) in [6.07, 6.45) is 3.50. The summed E-state index contributed by atoms with van der Waals surface area (Å²) in [7, 11) is 0. The van der Waals surface area contributed by atoms with Gasteiger partial charge < -0.3 is 19.1 Å². The monoisotopic (exact) mass is 319 g/mol. The van der Waals surface area contributed by atoms with Crippen LogP contribution in [0.4, 0.5) is 0 Å². The highest BCUT2D eigenvalue weighted by atomic mass is 16.7. The molecular formula is C19H29NO3. The van der Waals surface area contributed by atoms with E-state index in [1.165, 1.54) is 24.0 Å². The molecule has 2 aliphatic rings. The lowest BCUT2D eigenvalue weighted by Crippen LogP contribution is -2.38. The lowest BCUT2D eigenvalue weighted by atomic mass is 9.96. The van der Waals surface area contributed by atoms with Crippen LogP contribution in [-0.2, 0) is 9.47 Å². The standard InChI is InChI=1S/C19H29NO3/c1-15-4-5-18(14-16(15)2)21-11-3-8-20-9-6-17(7-10-20)19-22-12-13-23-19/h4-5,14,17,19H,3,6-13H2,1-2H3. The van der Waals surface area contributed by atoms with E-state index in [9.17, 15) is 0 Å². The van der Waals surface area contributed by atoms with Crippen molar-refractivity contribution in [1.82, 2.24) is 4.90 Å². The minimum Gasteiger partial charge on any atom is -0.494 e. The van der Waals surface area contributed by atoms with Crippen LogP contribution in [0.1, 0.15) is 30.4 Å². The van der Waals surface area contributed by atoms with Gasteiger partial charge in [0.1, 0.15) is 5.75 Å². The Labute approximate surface area is 139 Å². The molecule has 0 radical (unpaired) electrons. The third-order valence-corrected chi connectivity index (χ3v) is 5.03. The second-order valence-corrected chi connectivity index (χ2v) is 6.74. The number of aryl methyl sites for hydroxylation is 2. The zero-order valence-electron chi connectivity index (χ0n) is 14.4. The minimum atomic E-state index is 0.0604. The van der Waals surface area contributed by atoms with E-state index in [0.29, 0.717) is 5.92 Å². The van der Waals surface area contributed by atoms with Crippen molar-refractivity contribution in [2.75, 3.05) is 39.5 Å². The van der Waals surface area contributed by atoms with Crippen LogP contribution in [0.2, 0.25) is 0 Å². The van der Waals surface area contributed by atoms with Crippen molar-refractivity contribution in [2.45, 2.75) is 39.4 Å². The van der Waals surface area contributed by atoms with Crippen molar-refractivity contribution in [3.05, 3.63) is 29.3 Å². The van der Waals surface area contributed by atoms with Gasteiger partial charge in [0.25, 0.3) is 0 Å². The van der Waals surface area contributed by atoms with E-state index in [-0.39, 0.29) is 6.29 Å². The zero-order valence-corrected chi connectivity index (χ0v) is 14.4. The third kappa shape index (κ3) is 4.69. The van der Waals surface area contributed by atoms with Crippen LogP contribution in [-0.4, -0.2) is 50.6 Å². The lowest BCUT2D eigenvalue weighted by molar-refractivity contribution is -0.0974. The fourth-order valence-corrected chi connectivity index (χ4v) is 3.38. The van der Waals surface area contributed by atoms with Crippen LogP contribution in [0.3, 0.4) is 0 Å². The summed E-state index contributed by atoms with van der Waals surface area (Å²) in [5, 5.41) is 0. The van der Waals surface area contributed by atoms with Gasteiger partial charge >= 0.3 is 0 Å². The summed E-state index contributed by atoms with van der Waals surface area (Å²) in [6, 6.07) is 6.32. The van der Waals surface area contributed by atoms with Crippen LogP contribution in [0.15, 0.2) is 18.2 Å². The van der Waals surface area contributed by atoms with E-state index < -0.39 is 0 Å². The fraction of sp³-hybridized carbons (Fsp3) is 0.684. The number of hydrogen-bond donors (Lipinski definition) is 0. The first kappa shape index (κ1) is 16.7. The van der Waals surface area contributed by atoms with E-state index >= 15 is 0 Å². The third-order valence-electron chi connectivity index (χ3n) is 5.03. The largest absolute Gasteiger partial charge is 0.494 e. The second-order valence-electron chi connectivity index (χ2n) is 6.74. The van der Waals surface area contributed by atoms with E-state index in [2.05, 4.69) is 36.9 Å². The summed E-state index contributed by atoms with van der Waals surface area (Å²) in [5.41, 5.74) is 2.61. The van der Waals surface area contributed by atoms with E-state index in [0.717, 1.165) is 51.6 Å². The zero-order chi connectivity index (χ0) is 16.1. The first-order chi connectivity index (χ1) is 11.2. The average molecular weight is 319 g/mol. The van der Waals surface area contributed by atoms with Gasteiger partial charge in [-0.15, -0.1) is 0 Å². The molecule has 0 aliphatic carbocycles. The number of likely N-dealkylation sites (tertiary alicyclic amines) is 1. The molecule has 0 atom stereocenters. The Balaban J connectivity index is 1.31. The van der Waals surface area contributed by atoms with Gasteiger partial charge in [0, 0.05) is 12.5 Å². The predicted molar refractivity (Wildman–Crippen MR) is 90.9 cm³/mol. The second kappa shape index (κ2) is 8.13. The van der Waals surface area contributed by atoms with Crippen LogP contribution in [0.5, 0.6) is 5.75 Å². The molecule has 2 heterocycles. The minimum absolute atomic E-state index is 0.0604. The molecule has 0 N–H and O–H groups in total. The van der Waals surface area contributed by atoms with E-state index in [1.807, 2.05) is 0 Å². The van der Waals surface area contributed by atoms with Gasteiger partial charge in [-0.25, -0.2) is 0 Å². The summed E-state index contributed by atoms with van der Waals surface area (Å²) in [4.78, 5) is 2.54. The molecule has 3 rings (SSSR count). The molecule has 128 valence electrons. The van der Waals surface area contributed by atoms with Gasteiger partial charge in [0.2, 0.25) is 0 Å². The van der Waals surface area contributed by atoms with Crippen molar-refractivity contribution in [3.8, 4) is 5.75 Å². The molecule has 0 saturated carbocycles. The van der Waals surface area contributed by atoms with Crippen LogP contribution in [0.25, 0.3) is 0 Å². The summed E-state index contributed by atoms with van der Waals surface area (Å²) in [5.74, 6) is 1.57. The first-order valence-electron chi connectivity index (χ1n) is 8.88. The Bertz CT molecular complexity index is 491. The van der Waals surface area contributed by atoms with Crippen molar-refractivity contribution in [2.24, 2.45) is 5.92 Å². The number of nitrogens with zero attached hydrogens (tertiary/aromatic N) is 1. The lowest BCUT2D eigenvalue weighted by Gasteiger charge is -2.33. The SMILES string of the molecule is Cc1ccc(OCCCN2CCC(C3OCCO3)CC2)cc1C. The van der Waals surface area contributed by atoms with Gasteiger partial charge in [-0.1, -0.05) is 6.07 Å². The topological polar surface area (TPSA) is 30.9 Å². The van der Waals surface area contributed by atoms with Gasteiger partial charge in [-0.3, -0.25) is 0 Å². The maximum absolute atomic E-state index is 5.87. The number of rotatable bonds is 6. The molecule has 0 unspecified atom stereocenters. The highest BCUT2D eigenvalue weighted by Crippen LogP contribution is 2.25. The first-order valence-corrected chi connectivity index (χ1v) is 8.88. The van der Waals surface area contributed by atoms with Crippen LogP contribution < -0.4 is 4.74 Å². The Kier molecular flexibility index (Phi) is 5.92. The van der Waals surface area contributed by atoms with Crippen molar-refractivity contribution >= 4 is 0 Å². The van der Waals surface area contributed by atoms with Gasteiger partial charge in [-0.05, 0) is 69.5 Å². The number of ether oxygens (including phenoxy) is 3. The smallest absolute Gasteiger partial charge is 0.160 e. The molecular weight excluding hydrogens is 290 g/mol. The molecule has 4 nitrogen and oxygen atoms in total. The molecule has 2 saturated heterocycles. The maximum atomic E-state index is 5.87. The molecule has 0 spiro atoms. The Hall–Kier alpha value is -1.10. The summed E-state index contributed by atoms with van der Waals surface area (Å²) in [6.45, 7) is 9.99. The fourth-order valence-electron chi connectivity index (χ4n) is 3.38. The molecule has 0 bridgehead atoms. The van der Waals surface area contributed by atoms with Crippen molar-refractivity contribution in [1.29, 1.82) is 0 Å². The molecule has 0 aromatic heterocycles. The molecule has 4 heteroatoms. The normalized spacial score (nSPS) is 21.0. The van der Waals surface area contributed by atoms with Crippen LogP contribution >= 0.6 is 0 Å². The molecule has 1 aromatic carbocycles. The quantitative estimate of drug-likeness (QED) is 0.754. The van der Waals surface area contributed by atoms with Crippen molar-refractivity contribution in [3.63, 3.8) is 0 Å². The number of benzene rings is 1. The molecule has 1 aromatic rings. The Morgan fingerprint density at radius 3 is 2.52 bits per heavy atom.